The number of hydrogen-bond donors (Lipinski definition) is 2. The fourth-order valence-corrected chi connectivity index (χ4v) is 4.42. The molecule has 1 aromatic rings. The minimum atomic E-state index is -0.998. The van der Waals surface area contributed by atoms with E-state index >= 15 is 0 Å². The summed E-state index contributed by atoms with van der Waals surface area (Å²) in [5.74, 6) is -0.837. The average molecular weight is 552 g/mol. The van der Waals surface area contributed by atoms with Crippen molar-refractivity contribution in [1.29, 1.82) is 0 Å². The minimum Gasteiger partial charge on any atom is -0.468 e. The predicted molar refractivity (Wildman–Crippen MR) is 151 cm³/mol. The third-order valence-electron chi connectivity index (χ3n) is 5.80. The molecule has 38 heavy (non-hydrogen) atoms. The summed E-state index contributed by atoms with van der Waals surface area (Å²) in [4.78, 5) is 53.7. The van der Waals surface area contributed by atoms with Crippen LogP contribution < -0.4 is 10.6 Å². The van der Waals surface area contributed by atoms with Crippen molar-refractivity contribution < 1.29 is 28.7 Å². The fourth-order valence-electron chi connectivity index (χ4n) is 3.95. The van der Waals surface area contributed by atoms with E-state index in [0.29, 0.717) is 30.7 Å². The lowest BCUT2D eigenvalue weighted by atomic mass is 9.96. The third-order valence-corrected chi connectivity index (χ3v) is 6.44. The molecule has 1 aromatic carbocycles. The standard InChI is InChI=1S/C28H45N3O6S/c1-9-10-11-15-31(26(34)22(14-16-38-8)30-27(35)37-28(4,5)6)24(25(33)29-18-23(32)36-7)21-13-12-19(2)17-20(21)3/h12-13,17,22,24H,9-11,14-16,18H2,1-8H3,(H,29,33)(H,30,35). The second-order valence-electron chi connectivity index (χ2n) is 10.3. The van der Waals surface area contributed by atoms with Gasteiger partial charge in [-0.1, -0.05) is 43.5 Å². The number of benzene rings is 1. The second-order valence-corrected chi connectivity index (χ2v) is 11.3. The predicted octanol–water partition coefficient (Wildman–Crippen LogP) is 4.30. The van der Waals surface area contributed by atoms with Gasteiger partial charge in [0, 0.05) is 6.54 Å². The zero-order valence-corrected chi connectivity index (χ0v) is 25.0. The molecule has 0 saturated heterocycles. The number of carbonyl (C=O) groups excluding carboxylic acids is 4. The Morgan fingerprint density at radius 1 is 1.11 bits per heavy atom. The number of unbranched alkanes of at least 4 members (excludes halogenated alkanes) is 2. The van der Waals surface area contributed by atoms with E-state index < -0.39 is 35.7 Å². The number of alkyl carbamates (subject to hydrolysis) is 1. The Hall–Kier alpha value is -2.75. The van der Waals surface area contributed by atoms with Crippen molar-refractivity contribution in [3.63, 3.8) is 0 Å². The Bertz CT molecular complexity index is 947. The van der Waals surface area contributed by atoms with Crippen molar-refractivity contribution in [3.8, 4) is 0 Å². The molecule has 214 valence electrons. The fraction of sp³-hybridized carbons (Fsp3) is 0.643. The Morgan fingerprint density at radius 3 is 2.34 bits per heavy atom. The smallest absolute Gasteiger partial charge is 0.408 e. The summed E-state index contributed by atoms with van der Waals surface area (Å²) in [6.07, 6.45) is 4.07. The first-order chi connectivity index (χ1) is 17.8. The summed E-state index contributed by atoms with van der Waals surface area (Å²) in [6, 6.07) is 3.80. The molecular weight excluding hydrogens is 506 g/mol. The highest BCUT2D eigenvalue weighted by atomic mass is 32.2. The zero-order chi connectivity index (χ0) is 28.9. The number of esters is 1. The number of thioether (sulfide) groups is 1. The van der Waals surface area contributed by atoms with Gasteiger partial charge >= 0.3 is 12.1 Å². The van der Waals surface area contributed by atoms with Gasteiger partial charge in [0.15, 0.2) is 0 Å². The molecule has 0 fully saturated rings. The van der Waals surface area contributed by atoms with Crippen LogP contribution in [0, 0.1) is 13.8 Å². The van der Waals surface area contributed by atoms with E-state index in [0.717, 1.165) is 24.0 Å². The van der Waals surface area contributed by atoms with Gasteiger partial charge in [0.25, 0.3) is 0 Å². The first kappa shape index (κ1) is 33.3. The Morgan fingerprint density at radius 2 is 1.79 bits per heavy atom. The maximum absolute atomic E-state index is 14.1. The van der Waals surface area contributed by atoms with Crippen LogP contribution in [0.5, 0.6) is 0 Å². The first-order valence-corrected chi connectivity index (χ1v) is 14.4. The normalized spacial score (nSPS) is 12.7. The Balaban J connectivity index is 3.52. The molecule has 0 spiro atoms. The molecule has 0 bridgehead atoms. The molecule has 2 unspecified atom stereocenters. The first-order valence-electron chi connectivity index (χ1n) is 13.0. The highest BCUT2D eigenvalue weighted by Crippen LogP contribution is 2.27. The molecule has 0 radical (unpaired) electrons. The van der Waals surface area contributed by atoms with Gasteiger partial charge in [-0.05, 0) is 70.6 Å². The highest BCUT2D eigenvalue weighted by Gasteiger charge is 2.36. The summed E-state index contributed by atoms with van der Waals surface area (Å²) in [6.45, 7) is 11.2. The molecule has 10 heteroatoms. The number of amides is 3. The van der Waals surface area contributed by atoms with E-state index in [-0.39, 0.29) is 12.5 Å². The van der Waals surface area contributed by atoms with Crippen molar-refractivity contribution in [2.24, 2.45) is 0 Å². The summed E-state index contributed by atoms with van der Waals surface area (Å²) < 4.78 is 10.1. The van der Waals surface area contributed by atoms with E-state index in [1.54, 1.807) is 32.5 Å². The number of rotatable bonds is 14. The summed E-state index contributed by atoms with van der Waals surface area (Å²) in [5.41, 5.74) is 1.79. The van der Waals surface area contributed by atoms with Gasteiger partial charge in [0.05, 0.1) is 7.11 Å². The molecule has 0 aromatic heterocycles. The number of hydrogen-bond acceptors (Lipinski definition) is 7. The lowest BCUT2D eigenvalue weighted by Crippen LogP contribution is -2.53. The molecular formula is C28H45N3O6S. The van der Waals surface area contributed by atoms with Crippen LogP contribution in [0.3, 0.4) is 0 Å². The molecule has 0 aliphatic carbocycles. The monoisotopic (exact) mass is 551 g/mol. The largest absolute Gasteiger partial charge is 0.468 e. The number of methoxy groups -OCH3 is 1. The number of aryl methyl sites for hydroxylation is 2. The van der Waals surface area contributed by atoms with Gasteiger partial charge in [0.1, 0.15) is 24.2 Å². The van der Waals surface area contributed by atoms with E-state index in [2.05, 4.69) is 22.3 Å². The summed E-state index contributed by atoms with van der Waals surface area (Å²) in [7, 11) is 1.25. The van der Waals surface area contributed by atoms with Crippen LogP contribution in [0.1, 0.15) is 76.1 Å². The molecule has 3 amide bonds. The Labute approximate surface area is 231 Å². The third kappa shape index (κ3) is 11.3. The van der Waals surface area contributed by atoms with Crippen LogP contribution in [-0.4, -0.2) is 72.6 Å². The lowest BCUT2D eigenvalue weighted by Gasteiger charge is -2.35. The van der Waals surface area contributed by atoms with Crippen LogP contribution >= 0.6 is 11.8 Å². The number of nitrogens with zero attached hydrogens (tertiary/aromatic N) is 1. The number of carbonyl (C=O) groups is 4. The van der Waals surface area contributed by atoms with Gasteiger partial charge in [-0.3, -0.25) is 14.4 Å². The van der Waals surface area contributed by atoms with E-state index in [4.69, 9.17) is 4.74 Å². The maximum atomic E-state index is 14.1. The second kappa shape index (κ2) is 16.3. The topological polar surface area (TPSA) is 114 Å². The molecule has 0 aliphatic heterocycles. The van der Waals surface area contributed by atoms with Gasteiger partial charge in [-0.15, -0.1) is 0 Å². The van der Waals surface area contributed by atoms with Crippen LogP contribution in [0.25, 0.3) is 0 Å². The Kier molecular flexibility index (Phi) is 14.2. The molecule has 0 aliphatic rings. The minimum absolute atomic E-state index is 0.308. The maximum Gasteiger partial charge on any atom is 0.408 e. The van der Waals surface area contributed by atoms with Crippen molar-refractivity contribution in [1.82, 2.24) is 15.5 Å². The lowest BCUT2D eigenvalue weighted by molar-refractivity contribution is -0.144. The van der Waals surface area contributed by atoms with Gasteiger partial charge in [-0.25, -0.2) is 4.79 Å². The van der Waals surface area contributed by atoms with Crippen molar-refractivity contribution in [2.45, 2.75) is 84.9 Å². The van der Waals surface area contributed by atoms with Crippen LogP contribution in [-0.2, 0) is 23.9 Å². The van der Waals surface area contributed by atoms with Gasteiger partial charge in [0.2, 0.25) is 11.8 Å². The summed E-state index contributed by atoms with van der Waals surface area (Å²) >= 11 is 1.56. The van der Waals surface area contributed by atoms with Gasteiger partial charge < -0.3 is 25.0 Å². The van der Waals surface area contributed by atoms with Gasteiger partial charge in [-0.2, -0.15) is 11.8 Å². The van der Waals surface area contributed by atoms with Crippen molar-refractivity contribution >= 4 is 35.6 Å². The number of ether oxygens (including phenoxy) is 2. The quantitative estimate of drug-likeness (QED) is 0.262. The van der Waals surface area contributed by atoms with E-state index in [1.165, 1.54) is 12.0 Å². The molecule has 2 atom stereocenters. The van der Waals surface area contributed by atoms with E-state index in [9.17, 15) is 19.2 Å². The molecule has 0 saturated carbocycles. The van der Waals surface area contributed by atoms with Crippen LogP contribution in [0.2, 0.25) is 0 Å². The average Bonchev–Trinajstić information content (AvgIpc) is 2.83. The van der Waals surface area contributed by atoms with Crippen molar-refractivity contribution in [2.75, 3.05) is 32.2 Å². The summed E-state index contributed by atoms with van der Waals surface area (Å²) in [5, 5.41) is 5.37. The molecule has 1 rings (SSSR count). The molecule has 9 nitrogen and oxygen atoms in total. The van der Waals surface area contributed by atoms with Crippen LogP contribution in [0.4, 0.5) is 4.79 Å². The number of nitrogens with one attached hydrogen (secondary N) is 2. The molecule has 0 heterocycles. The zero-order valence-electron chi connectivity index (χ0n) is 24.1. The van der Waals surface area contributed by atoms with Crippen LogP contribution in [0.15, 0.2) is 18.2 Å². The SMILES string of the molecule is CCCCCN(C(=O)C(CCSC)NC(=O)OC(C)(C)C)C(C(=O)NCC(=O)OC)c1ccc(C)cc1C. The highest BCUT2D eigenvalue weighted by molar-refractivity contribution is 7.98. The molecule has 2 N–H and O–H groups in total. The van der Waals surface area contributed by atoms with E-state index in [1.807, 2.05) is 38.3 Å². The van der Waals surface area contributed by atoms with Crippen molar-refractivity contribution in [3.05, 3.63) is 34.9 Å².